The Labute approximate surface area is 133 Å². The lowest BCUT2D eigenvalue weighted by Gasteiger charge is -2.32. The fraction of sp³-hybridized carbons (Fsp3) is 0.588. The highest BCUT2D eigenvalue weighted by molar-refractivity contribution is 6.62. The van der Waals surface area contributed by atoms with Gasteiger partial charge in [0, 0.05) is 11.6 Å². The number of hydrogen-bond donors (Lipinski definition) is 1. The number of aryl methyl sites for hydroxylation is 1. The lowest BCUT2D eigenvalue weighted by Crippen LogP contribution is -2.41. The molecule has 0 spiro atoms. The van der Waals surface area contributed by atoms with Gasteiger partial charge < -0.3 is 14.6 Å². The van der Waals surface area contributed by atoms with Gasteiger partial charge in [-0.05, 0) is 65.6 Å². The van der Waals surface area contributed by atoms with E-state index in [2.05, 4.69) is 5.32 Å². The Bertz CT molecular complexity index is 565. The fourth-order valence-electron chi connectivity index (χ4n) is 2.35. The normalized spacial score (nSPS) is 19.5. The SMILES string of the molecule is Cc1ccc(B2OC(C)(C)C(C)(C)O2)cc1C(=O)NC(C)C. The van der Waals surface area contributed by atoms with Crippen LogP contribution in [0.25, 0.3) is 0 Å². The minimum Gasteiger partial charge on any atom is -0.399 e. The van der Waals surface area contributed by atoms with Crippen molar-refractivity contribution in [1.82, 2.24) is 5.32 Å². The second-order valence-corrected chi connectivity index (χ2v) is 7.29. The van der Waals surface area contributed by atoms with Gasteiger partial charge in [0.1, 0.15) is 0 Å². The molecule has 1 amide bonds. The van der Waals surface area contributed by atoms with E-state index >= 15 is 0 Å². The molecule has 1 N–H and O–H groups in total. The zero-order valence-corrected chi connectivity index (χ0v) is 14.6. The van der Waals surface area contributed by atoms with Crippen LogP contribution in [0.4, 0.5) is 0 Å². The summed E-state index contributed by atoms with van der Waals surface area (Å²) in [4.78, 5) is 12.3. The number of nitrogens with one attached hydrogen (secondary N) is 1. The lowest BCUT2D eigenvalue weighted by atomic mass is 9.77. The maximum Gasteiger partial charge on any atom is 0.494 e. The van der Waals surface area contributed by atoms with Crippen LogP contribution in [0.5, 0.6) is 0 Å². The van der Waals surface area contributed by atoms with Crippen molar-refractivity contribution in [2.75, 3.05) is 0 Å². The summed E-state index contributed by atoms with van der Waals surface area (Å²) in [6, 6.07) is 5.88. The Kier molecular flexibility index (Phi) is 4.42. The maximum atomic E-state index is 12.3. The Morgan fingerprint density at radius 1 is 1.14 bits per heavy atom. The summed E-state index contributed by atoms with van der Waals surface area (Å²) >= 11 is 0. The molecule has 0 unspecified atom stereocenters. The van der Waals surface area contributed by atoms with Crippen molar-refractivity contribution in [1.29, 1.82) is 0 Å². The molecule has 1 saturated heterocycles. The molecule has 1 aliphatic heterocycles. The molecule has 1 aliphatic rings. The average molecular weight is 303 g/mol. The van der Waals surface area contributed by atoms with E-state index < -0.39 is 7.12 Å². The molecule has 1 aromatic rings. The Balaban J connectivity index is 2.29. The topological polar surface area (TPSA) is 47.6 Å². The molecule has 5 heteroatoms. The smallest absolute Gasteiger partial charge is 0.399 e. The van der Waals surface area contributed by atoms with Gasteiger partial charge in [-0.25, -0.2) is 0 Å². The van der Waals surface area contributed by atoms with Crippen molar-refractivity contribution < 1.29 is 14.1 Å². The van der Waals surface area contributed by atoms with Gasteiger partial charge in [0.05, 0.1) is 11.2 Å². The third-order valence-electron chi connectivity index (χ3n) is 4.45. The summed E-state index contributed by atoms with van der Waals surface area (Å²) in [6.45, 7) is 13.9. The number of carbonyl (C=O) groups is 1. The average Bonchev–Trinajstić information content (AvgIpc) is 2.58. The zero-order chi connectivity index (χ0) is 16.7. The minimum atomic E-state index is -0.448. The van der Waals surface area contributed by atoms with Crippen LogP contribution in [0.3, 0.4) is 0 Å². The molecule has 1 aromatic carbocycles. The van der Waals surface area contributed by atoms with E-state index in [0.29, 0.717) is 5.56 Å². The van der Waals surface area contributed by atoms with Crippen molar-refractivity contribution in [3.63, 3.8) is 0 Å². The Hall–Kier alpha value is -1.33. The van der Waals surface area contributed by atoms with Gasteiger partial charge in [0.25, 0.3) is 5.91 Å². The van der Waals surface area contributed by atoms with Gasteiger partial charge >= 0.3 is 7.12 Å². The summed E-state index contributed by atoms with van der Waals surface area (Å²) < 4.78 is 12.1. The monoisotopic (exact) mass is 303 g/mol. The summed E-state index contributed by atoms with van der Waals surface area (Å²) in [5, 5.41) is 2.93. The molecule has 0 bridgehead atoms. The Morgan fingerprint density at radius 2 is 1.68 bits per heavy atom. The maximum absolute atomic E-state index is 12.3. The largest absolute Gasteiger partial charge is 0.494 e. The number of benzene rings is 1. The van der Waals surface area contributed by atoms with Crippen LogP contribution in [-0.4, -0.2) is 30.3 Å². The second kappa shape index (κ2) is 5.71. The predicted molar refractivity (Wildman–Crippen MR) is 89.5 cm³/mol. The van der Waals surface area contributed by atoms with Crippen LogP contribution < -0.4 is 10.8 Å². The van der Waals surface area contributed by atoms with Crippen LogP contribution in [0.1, 0.15) is 57.5 Å². The first-order valence-corrected chi connectivity index (χ1v) is 7.80. The van der Waals surface area contributed by atoms with Gasteiger partial charge in [-0.15, -0.1) is 0 Å². The first kappa shape index (κ1) is 17.0. The van der Waals surface area contributed by atoms with E-state index in [4.69, 9.17) is 9.31 Å². The lowest BCUT2D eigenvalue weighted by molar-refractivity contribution is 0.00578. The molecule has 1 heterocycles. The van der Waals surface area contributed by atoms with Crippen molar-refractivity contribution in [2.45, 2.75) is 65.7 Å². The van der Waals surface area contributed by atoms with E-state index in [1.165, 1.54) is 0 Å². The van der Waals surface area contributed by atoms with Crippen molar-refractivity contribution >= 4 is 18.5 Å². The Morgan fingerprint density at radius 3 is 2.18 bits per heavy atom. The zero-order valence-electron chi connectivity index (χ0n) is 14.6. The molecule has 0 aliphatic carbocycles. The molecule has 0 radical (unpaired) electrons. The summed E-state index contributed by atoms with van der Waals surface area (Å²) in [5.74, 6) is -0.0640. The predicted octanol–water partition coefficient (Wildman–Crippen LogP) is 2.43. The molecule has 2 rings (SSSR count). The standard InChI is InChI=1S/C17H26BNO3/c1-11(2)19-15(20)14-10-13(9-8-12(14)3)18-21-16(4,5)17(6,7)22-18/h8-11H,1-7H3,(H,19,20). The summed E-state index contributed by atoms with van der Waals surface area (Å²) in [7, 11) is -0.448. The van der Waals surface area contributed by atoms with Crippen LogP contribution in [0, 0.1) is 6.92 Å². The van der Waals surface area contributed by atoms with E-state index in [1.54, 1.807) is 0 Å². The highest BCUT2D eigenvalue weighted by Gasteiger charge is 2.51. The van der Waals surface area contributed by atoms with E-state index in [0.717, 1.165) is 11.0 Å². The molecule has 1 fully saturated rings. The van der Waals surface area contributed by atoms with Crippen LogP contribution in [-0.2, 0) is 9.31 Å². The third-order valence-corrected chi connectivity index (χ3v) is 4.45. The number of rotatable bonds is 3. The van der Waals surface area contributed by atoms with E-state index in [-0.39, 0.29) is 23.2 Å². The summed E-state index contributed by atoms with van der Waals surface area (Å²) in [5.41, 5.74) is 1.71. The number of amides is 1. The van der Waals surface area contributed by atoms with E-state index in [1.807, 2.05) is 66.7 Å². The van der Waals surface area contributed by atoms with Crippen LogP contribution >= 0.6 is 0 Å². The van der Waals surface area contributed by atoms with Gasteiger partial charge in [-0.1, -0.05) is 12.1 Å². The molecule has 22 heavy (non-hydrogen) atoms. The van der Waals surface area contributed by atoms with Gasteiger partial charge in [-0.2, -0.15) is 0 Å². The molecule has 4 nitrogen and oxygen atoms in total. The number of carbonyl (C=O) groups excluding carboxylic acids is 1. The highest BCUT2D eigenvalue weighted by Crippen LogP contribution is 2.36. The first-order valence-electron chi connectivity index (χ1n) is 7.80. The van der Waals surface area contributed by atoms with Gasteiger partial charge in [0.2, 0.25) is 0 Å². The molecular formula is C17H26BNO3. The van der Waals surface area contributed by atoms with E-state index in [9.17, 15) is 4.79 Å². The molecule has 0 atom stereocenters. The first-order chi connectivity index (χ1) is 10.0. The second-order valence-electron chi connectivity index (χ2n) is 7.29. The molecule has 120 valence electrons. The van der Waals surface area contributed by atoms with Crippen LogP contribution in [0.2, 0.25) is 0 Å². The van der Waals surface area contributed by atoms with Crippen LogP contribution in [0.15, 0.2) is 18.2 Å². The van der Waals surface area contributed by atoms with Crippen molar-refractivity contribution in [3.05, 3.63) is 29.3 Å². The minimum absolute atomic E-state index is 0.0640. The quantitative estimate of drug-likeness (QED) is 0.873. The van der Waals surface area contributed by atoms with Gasteiger partial charge in [0.15, 0.2) is 0 Å². The van der Waals surface area contributed by atoms with Crippen molar-refractivity contribution in [3.8, 4) is 0 Å². The fourth-order valence-corrected chi connectivity index (χ4v) is 2.35. The molecule has 0 aromatic heterocycles. The third kappa shape index (κ3) is 3.20. The highest BCUT2D eigenvalue weighted by atomic mass is 16.7. The number of hydrogen-bond acceptors (Lipinski definition) is 3. The molecular weight excluding hydrogens is 277 g/mol. The molecule has 0 saturated carbocycles. The van der Waals surface area contributed by atoms with Gasteiger partial charge in [-0.3, -0.25) is 4.79 Å². The van der Waals surface area contributed by atoms with Crippen molar-refractivity contribution in [2.24, 2.45) is 0 Å². The summed E-state index contributed by atoms with van der Waals surface area (Å²) in [6.07, 6.45) is 0.